The normalized spacial score (nSPS) is 16.4. The molecule has 1 amide bonds. The Hall–Kier alpha value is -0.710. The van der Waals surface area contributed by atoms with Gasteiger partial charge in [-0.3, -0.25) is 4.79 Å². The van der Waals surface area contributed by atoms with Crippen molar-refractivity contribution in [2.75, 3.05) is 25.9 Å². The molecule has 0 bridgehead atoms. The summed E-state index contributed by atoms with van der Waals surface area (Å²) in [6.07, 6.45) is 2.69. The van der Waals surface area contributed by atoms with Gasteiger partial charge in [-0.25, -0.2) is 0 Å². The molecule has 1 aromatic rings. The molecule has 1 fully saturated rings. The first-order chi connectivity index (χ1) is 9.70. The number of piperidine rings is 1. The van der Waals surface area contributed by atoms with Gasteiger partial charge >= 0.3 is 0 Å². The predicted molar refractivity (Wildman–Crippen MR) is 85.5 cm³/mol. The van der Waals surface area contributed by atoms with Crippen molar-refractivity contribution < 1.29 is 4.79 Å². The van der Waals surface area contributed by atoms with Crippen LogP contribution in [0.25, 0.3) is 0 Å². The van der Waals surface area contributed by atoms with Crippen molar-refractivity contribution >= 4 is 29.3 Å². The summed E-state index contributed by atoms with van der Waals surface area (Å²) in [5.41, 5.74) is 0. The van der Waals surface area contributed by atoms with E-state index in [0.717, 1.165) is 41.6 Å². The molecule has 1 saturated heterocycles. The van der Waals surface area contributed by atoms with Crippen LogP contribution in [0.5, 0.6) is 0 Å². The zero-order valence-electron chi connectivity index (χ0n) is 11.8. The van der Waals surface area contributed by atoms with Gasteiger partial charge in [0.1, 0.15) is 0 Å². The van der Waals surface area contributed by atoms with Crippen LogP contribution in [-0.2, 0) is 4.79 Å². The number of carbonyl (C=O) groups excluding carboxylic acids is 1. The lowest BCUT2D eigenvalue weighted by Crippen LogP contribution is -2.44. The average Bonchev–Trinajstić information content (AvgIpc) is 2.49. The molecule has 1 aliphatic heterocycles. The second-order valence-electron chi connectivity index (χ2n) is 4.97. The molecule has 1 aromatic carbocycles. The van der Waals surface area contributed by atoms with Crippen LogP contribution in [0.3, 0.4) is 0 Å². The van der Waals surface area contributed by atoms with E-state index in [9.17, 15) is 4.79 Å². The number of likely N-dealkylation sites (tertiary alicyclic amines) is 1. The highest BCUT2D eigenvalue weighted by atomic mass is 35.5. The summed E-state index contributed by atoms with van der Waals surface area (Å²) in [5, 5.41) is 4.04. The van der Waals surface area contributed by atoms with Gasteiger partial charge in [0.15, 0.2) is 0 Å². The monoisotopic (exact) mass is 312 g/mol. The van der Waals surface area contributed by atoms with Gasteiger partial charge in [-0.05, 0) is 32.0 Å². The van der Waals surface area contributed by atoms with E-state index >= 15 is 0 Å². The lowest BCUT2D eigenvalue weighted by molar-refractivity contribution is -0.131. The molecular weight excluding hydrogens is 292 g/mol. The zero-order chi connectivity index (χ0) is 14.4. The summed E-state index contributed by atoms with van der Waals surface area (Å²) in [6.45, 7) is 1.75. The maximum Gasteiger partial charge on any atom is 0.223 e. The minimum absolute atomic E-state index is 0.263. The summed E-state index contributed by atoms with van der Waals surface area (Å²) >= 11 is 7.75. The standard InChI is InChI=1S/C15H21ClN2OS/c1-17-12-6-9-18(10-7-12)15(19)8-11-20-14-5-3-2-4-13(14)16/h2-5,12,17H,6-11H2,1H3. The van der Waals surface area contributed by atoms with E-state index in [1.165, 1.54) is 0 Å². The van der Waals surface area contributed by atoms with Crippen molar-refractivity contribution in [2.45, 2.75) is 30.2 Å². The molecule has 0 atom stereocenters. The molecule has 3 nitrogen and oxygen atoms in total. The van der Waals surface area contributed by atoms with Gasteiger partial charge < -0.3 is 10.2 Å². The number of thioether (sulfide) groups is 1. The van der Waals surface area contributed by atoms with Crippen molar-refractivity contribution in [1.29, 1.82) is 0 Å². The van der Waals surface area contributed by atoms with Gasteiger partial charge in [0.05, 0.1) is 5.02 Å². The Balaban J connectivity index is 1.72. The smallest absolute Gasteiger partial charge is 0.223 e. The lowest BCUT2D eigenvalue weighted by atomic mass is 10.1. The van der Waals surface area contributed by atoms with E-state index in [1.807, 2.05) is 36.2 Å². The molecular formula is C15H21ClN2OS. The third kappa shape index (κ3) is 4.40. The largest absolute Gasteiger partial charge is 0.343 e. The second kappa shape index (κ2) is 7.91. The molecule has 1 aliphatic rings. The maximum absolute atomic E-state index is 12.1. The summed E-state index contributed by atoms with van der Waals surface area (Å²) in [4.78, 5) is 15.2. The van der Waals surface area contributed by atoms with Crippen LogP contribution in [0.2, 0.25) is 5.02 Å². The van der Waals surface area contributed by atoms with Gasteiger partial charge in [-0.15, -0.1) is 11.8 Å². The molecule has 110 valence electrons. The van der Waals surface area contributed by atoms with Crippen LogP contribution in [0, 0.1) is 0 Å². The van der Waals surface area contributed by atoms with Crippen molar-refractivity contribution in [3.05, 3.63) is 29.3 Å². The molecule has 1 N–H and O–H groups in total. The number of carbonyl (C=O) groups is 1. The van der Waals surface area contributed by atoms with E-state index in [-0.39, 0.29) is 5.91 Å². The first-order valence-electron chi connectivity index (χ1n) is 7.03. The Morgan fingerprint density at radius 1 is 1.40 bits per heavy atom. The summed E-state index contributed by atoms with van der Waals surface area (Å²) < 4.78 is 0. The van der Waals surface area contributed by atoms with Crippen molar-refractivity contribution in [3.63, 3.8) is 0 Å². The molecule has 0 aliphatic carbocycles. The molecule has 0 radical (unpaired) electrons. The van der Waals surface area contributed by atoms with Gasteiger partial charge in [-0.2, -0.15) is 0 Å². The quantitative estimate of drug-likeness (QED) is 0.848. The molecule has 0 spiro atoms. The van der Waals surface area contributed by atoms with Crippen LogP contribution in [-0.4, -0.2) is 42.7 Å². The summed E-state index contributed by atoms with van der Waals surface area (Å²) in [5.74, 6) is 1.05. The Bertz CT molecular complexity index is 447. The Labute approximate surface area is 130 Å². The van der Waals surface area contributed by atoms with Crippen molar-refractivity contribution in [3.8, 4) is 0 Å². The van der Waals surface area contributed by atoms with Gasteiger partial charge in [-0.1, -0.05) is 23.7 Å². The van der Waals surface area contributed by atoms with Crippen LogP contribution < -0.4 is 5.32 Å². The first kappa shape index (κ1) is 15.7. The Morgan fingerprint density at radius 3 is 2.75 bits per heavy atom. The number of rotatable bonds is 5. The molecule has 0 saturated carbocycles. The van der Waals surface area contributed by atoms with Crippen molar-refractivity contribution in [2.24, 2.45) is 0 Å². The molecule has 20 heavy (non-hydrogen) atoms. The zero-order valence-corrected chi connectivity index (χ0v) is 13.3. The highest BCUT2D eigenvalue weighted by molar-refractivity contribution is 7.99. The van der Waals surface area contributed by atoms with E-state index < -0.39 is 0 Å². The Morgan fingerprint density at radius 2 is 2.10 bits per heavy atom. The number of amides is 1. The minimum atomic E-state index is 0.263. The highest BCUT2D eigenvalue weighted by Crippen LogP contribution is 2.27. The predicted octanol–water partition coefficient (Wildman–Crippen LogP) is 3.03. The number of halogens is 1. The lowest BCUT2D eigenvalue weighted by Gasteiger charge is -2.31. The number of hydrogen-bond acceptors (Lipinski definition) is 3. The van der Waals surface area contributed by atoms with Crippen LogP contribution in [0.1, 0.15) is 19.3 Å². The first-order valence-corrected chi connectivity index (χ1v) is 8.39. The molecule has 0 unspecified atom stereocenters. The van der Waals surface area contributed by atoms with Crippen LogP contribution in [0.15, 0.2) is 29.2 Å². The van der Waals surface area contributed by atoms with Crippen molar-refractivity contribution in [1.82, 2.24) is 10.2 Å². The third-order valence-electron chi connectivity index (χ3n) is 3.67. The van der Waals surface area contributed by atoms with E-state index in [0.29, 0.717) is 12.5 Å². The fraction of sp³-hybridized carbons (Fsp3) is 0.533. The third-order valence-corrected chi connectivity index (χ3v) is 5.18. The fourth-order valence-electron chi connectivity index (χ4n) is 2.39. The molecule has 5 heteroatoms. The minimum Gasteiger partial charge on any atom is -0.343 e. The summed E-state index contributed by atoms with van der Waals surface area (Å²) in [6, 6.07) is 8.34. The molecule has 1 heterocycles. The van der Waals surface area contributed by atoms with Crippen LogP contribution >= 0.6 is 23.4 Å². The van der Waals surface area contributed by atoms with Crippen LogP contribution in [0.4, 0.5) is 0 Å². The van der Waals surface area contributed by atoms with Gasteiger partial charge in [0, 0.05) is 36.2 Å². The number of nitrogens with zero attached hydrogens (tertiary/aromatic N) is 1. The van der Waals surface area contributed by atoms with E-state index in [4.69, 9.17) is 11.6 Å². The number of hydrogen-bond donors (Lipinski definition) is 1. The second-order valence-corrected chi connectivity index (χ2v) is 6.52. The summed E-state index contributed by atoms with van der Waals surface area (Å²) in [7, 11) is 1.99. The number of nitrogens with one attached hydrogen (secondary N) is 1. The highest BCUT2D eigenvalue weighted by Gasteiger charge is 2.21. The van der Waals surface area contributed by atoms with E-state index in [2.05, 4.69) is 5.32 Å². The average molecular weight is 313 g/mol. The van der Waals surface area contributed by atoms with Gasteiger partial charge in [0.25, 0.3) is 0 Å². The molecule has 2 rings (SSSR count). The Kier molecular flexibility index (Phi) is 6.20. The fourth-order valence-corrected chi connectivity index (χ4v) is 3.56. The number of benzene rings is 1. The SMILES string of the molecule is CNC1CCN(C(=O)CCSc2ccccc2Cl)CC1. The molecule has 0 aromatic heterocycles. The van der Waals surface area contributed by atoms with E-state index in [1.54, 1.807) is 11.8 Å². The topological polar surface area (TPSA) is 32.3 Å². The maximum atomic E-state index is 12.1. The van der Waals surface area contributed by atoms with Gasteiger partial charge in [0.2, 0.25) is 5.91 Å².